The van der Waals surface area contributed by atoms with E-state index in [4.69, 9.17) is 15.6 Å². The molecule has 5 heteroatoms. The third-order valence-corrected chi connectivity index (χ3v) is 4.90. The monoisotopic (exact) mass is 386 g/mol. The van der Waals surface area contributed by atoms with E-state index in [1.54, 1.807) is 12.1 Å². The fraction of sp³-hybridized carbons (Fsp3) is 0.125. The first kappa shape index (κ1) is 18.8. The molecule has 0 aliphatic heterocycles. The van der Waals surface area contributed by atoms with E-state index in [1.807, 2.05) is 36.5 Å². The predicted molar refractivity (Wildman–Crippen MR) is 114 cm³/mol. The molecule has 0 amide bonds. The Balaban J connectivity index is 1.67. The van der Waals surface area contributed by atoms with Gasteiger partial charge in [0, 0.05) is 29.3 Å². The van der Waals surface area contributed by atoms with Crippen LogP contribution in [0.15, 0.2) is 72.9 Å². The highest BCUT2D eigenvalue weighted by Gasteiger charge is 2.11. The molecule has 0 fully saturated rings. The van der Waals surface area contributed by atoms with E-state index in [0.717, 1.165) is 33.2 Å². The predicted octanol–water partition coefficient (Wildman–Crippen LogP) is 4.50. The van der Waals surface area contributed by atoms with Crippen molar-refractivity contribution in [2.24, 2.45) is 5.73 Å². The average Bonchev–Trinajstić information content (AvgIpc) is 3.21. The number of carbonyl (C=O) groups is 1. The molecule has 1 heterocycles. The molecule has 146 valence electrons. The molecule has 0 aliphatic carbocycles. The molecule has 0 aliphatic rings. The summed E-state index contributed by atoms with van der Waals surface area (Å²) < 4.78 is 5.99. The Labute approximate surface area is 168 Å². The molecule has 5 nitrogen and oxygen atoms in total. The van der Waals surface area contributed by atoms with Crippen LogP contribution in [0, 0.1) is 0 Å². The Kier molecular flexibility index (Phi) is 5.31. The zero-order valence-corrected chi connectivity index (χ0v) is 15.9. The Morgan fingerprint density at radius 1 is 1.00 bits per heavy atom. The summed E-state index contributed by atoms with van der Waals surface area (Å²) in [5.74, 6) is -0.285. The van der Waals surface area contributed by atoms with Crippen molar-refractivity contribution in [1.82, 2.24) is 4.98 Å². The van der Waals surface area contributed by atoms with Gasteiger partial charge in [0.1, 0.15) is 12.4 Å². The summed E-state index contributed by atoms with van der Waals surface area (Å²) in [4.78, 5) is 14.4. The van der Waals surface area contributed by atoms with Crippen LogP contribution in [0.25, 0.3) is 22.0 Å². The number of nitrogens with one attached hydrogen (secondary N) is 1. The normalized spacial score (nSPS) is 10.9. The maximum absolute atomic E-state index is 11.1. The number of hydrogen-bond donors (Lipinski definition) is 3. The summed E-state index contributed by atoms with van der Waals surface area (Å²) in [5.41, 5.74) is 11.8. The number of aromatic amines is 1. The smallest absolute Gasteiger partial charge is 0.307 e. The van der Waals surface area contributed by atoms with Crippen molar-refractivity contribution in [2.75, 3.05) is 0 Å². The van der Waals surface area contributed by atoms with E-state index < -0.39 is 5.97 Å². The highest BCUT2D eigenvalue weighted by molar-refractivity contribution is 5.95. The van der Waals surface area contributed by atoms with Crippen molar-refractivity contribution in [3.63, 3.8) is 0 Å². The van der Waals surface area contributed by atoms with Crippen LogP contribution >= 0.6 is 0 Å². The summed E-state index contributed by atoms with van der Waals surface area (Å²) >= 11 is 0. The summed E-state index contributed by atoms with van der Waals surface area (Å²) in [6.07, 6.45) is 1.86. The lowest BCUT2D eigenvalue weighted by Gasteiger charge is -2.13. The maximum Gasteiger partial charge on any atom is 0.307 e. The zero-order valence-electron chi connectivity index (χ0n) is 15.9. The van der Waals surface area contributed by atoms with Crippen LogP contribution in [-0.4, -0.2) is 16.1 Å². The Morgan fingerprint density at radius 2 is 1.86 bits per heavy atom. The molecule has 4 N–H and O–H groups in total. The first-order valence-electron chi connectivity index (χ1n) is 9.46. The van der Waals surface area contributed by atoms with Gasteiger partial charge in [-0.2, -0.15) is 0 Å². The van der Waals surface area contributed by atoms with Crippen LogP contribution in [0.4, 0.5) is 0 Å². The number of fused-ring (bicyclic) bond motifs is 1. The van der Waals surface area contributed by atoms with Gasteiger partial charge in [-0.3, -0.25) is 4.79 Å². The lowest BCUT2D eigenvalue weighted by Crippen LogP contribution is -2.04. The molecule has 1 aromatic heterocycles. The van der Waals surface area contributed by atoms with E-state index in [1.165, 1.54) is 0 Å². The minimum atomic E-state index is -0.878. The Bertz CT molecular complexity index is 1160. The fourth-order valence-electron chi connectivity index (χ4n) is 3.53. The van der Waals surface area contributed by atoms with Crippen molar-refractivity contribution in [3.8, 4) is 16.9 Å². The summed E-state index contributed by atoms with van der Waals surface area (Å²) in [6.45, 7) is 0.839. The SMILES string of the molecule is NCc1cccc(-c2cc(COc3ccccc3CC(=O)O)cc3cc[nH]c23)c1. The molecule has 0 saturated heterocycles. The van der Waals surface area contributed by atoms with Crippen molar-refractivity contribution in [3.05, 3.63) is 89.6 Å². The maximum atomic E-state index is 11.1. The molecule has 4 aromatic rings. The molecular formula is C24H22N2O3. The molecule has 0 atom stereocenters. The van der Waals surface area contributed by atoms with Crippen molar-refractivity contribution in [1.29, 1.82) is 0 Å². The van der Waals surface area contributed by atoms with Gasteiger partial charge in [-0.25, -0.2) is 0 Å². The molecule has 0 radical (unpaired) electrons. The van der Waals surface area contributed by atoms with Gasteiger partial charge in [-0.05, 0) is 47.0 Å². The van der Waals surface area contributed by atoms with E-state index in [0.29, 0.717) is 24.5 Å². The average molecular weight is 386 g/mol. The molecule has 4 rings (SSSR count). The van der Waals surface area contributed by atoms with Crippen LogP contribution in [0.2, 0.25) is 0 Å². The van der Waals surface area contributed by atoms with Crippen molar-refractivity contribution in [2.45, 2.75) is 19.6 Å². The van der Waals surface area contributed by atoms with Crippen molar-refractivity contribution >= 4 is 16.9 Å². The second kappa shape index (κ2) is 8.20. The zero-order chi connectivity index (χ0) is 20.2. The Morgan fingerprint density at radius 3 is 2.69 bits per heavy atom. The standard InChI is InChI=1S/C24H22N2O3/c25-14-16-4-3-6-18(10-16)21-12-17(11-20-8-9-26-24(20)21)15-29-22-7-2-1-5-19(22)13-23(27)28/h1-12,26H,13-15,25H2,(H,27,28). The molecule has 3 aromatic carbocycles. The van der Waals surface area contributed by atoms with Crippen LogP contribution in [-0.2, 0) is 24.4 Å². The topological polar surface area (TPSA) is 88.3 Å². The summed E-state index contributed by atoms with van der Waals surface area (Å²) in [5, 5.41) is 10.2. The van der Waals surface area contributed by atoms with Gasteiger partial charge in [0.05, 0.1) is 11.9 Å². The molecule has 0 bridgehead atoms. The number of aliphatic carboxylic acids is 1. The van der Waals surface area contributed by atoms with E-state index in [-0.39, 0.29) is 6.42 Å². The summed E-state index contributed by atoms with van der Waals surface area (Å²) in [7, 11) is 0. The molecule has 0 spiro atoms. The largest absolute Gasteiger partial charge is 0.489 e. The third-order valence-electron chi connectivity index (χ3n) is 4.90. The van der Waals surface area contributed by atoms with Crippen LogP contribution in [0.3, 0.4) is 0 Å². The Hall–Kier alpha value is -3.57. The van der Waals surface area contributed by atoms with Crippen molar-refractivity contribution < 1.29 is 14.6 Å². The van der Waals surface area contributed by atoms with Gasteiger partial charge in [0.15, 0.2) is 0 Å². The second-order valence-corrected chi connectivity index (χ2v) is 6.96. The number of ether oxygens (including phenoxy) is 1. The van der Waals surface area contributed by atoms with Gasteiger partial charge in [-0.1, -0.05) is 36.4 Å². The minimum absolute atomic E-state index is 0.0653. The first-order valence-corrected chi connectivity index (χ1v) is 9.46. The van der Waals surface area contributed by atoms with Gasteiger partial charge in [0.2, 0.25) is 0 Å². The lowest BCUT2D eigenvalue weighted by molar-refractivity contribution is -0.136. The minimum Gasteiger partial charge on any atom is -0.489 e. The van der Waals surface area contributed by atoms with E-state index in [9.17, 15) is 4.79 Å². The van der Waals surface area contributed by atoms with Crippen LogP contribution in [0.1, 0.15) is 16.7 Å². The molecule has 0 saturated carbocycles. The second-order valence-electron chi connectivity index (χ2n) is 6.96. The number of H-pyrrole nitrogens is 1. The number of nitrogens with two attached hydrogens (primary N) is 1. The number of carboxylic acids is 1. The quantitative estimate of drug-likeness (QED) is 0.436. The van der Waals surface area contributed by atoms with Gasteiger partial charge < -0.3 is 20.6 Å². The van der Waals surface area contributed by atoms with Crippen LogP contribution < -0.4 is 10.5 Å². The third kappa shape index (κ3) is 4.15. The van der Waals surface area contributed by atoms with Gasteiger partial charge in [0.25, 0.3) is 0 Å². The number of carboxylic acid groups (broad SMARTS) is 1. The number of benzene rings is 3. The summed E-state index contributed by atoms with van der Waals surface area (Å²) in [6, 6.07) is 21.7. The fourth-order valence-corrected chi connectivity index (χ4v) is 3.53. The number of aromatic nitrogens is 1. The molecule has 0 unspecified atom stereocenters. The molecule has 29 heavy (non-hydrogen) atoms. The van der Waals surface area contributed by atoms with E-state index >= 15 is 0 Å². The first-order chi connectivity index (χ1) is 14.1. The number of rotatable bonds is 7. The lowest BCUT2D eigenvalue weighted by atomic mass is 9.98. The molecular weight excluding hydrogens is 364 g/mol. The highest BCUT2D eigenvalue weighted by Crippen LogP contribution is 2.31. The van der Waals surface area contributed by atoms with Crippen LogP contribution in [0.5, 0.6) is 5.75 Å². The van der Waals surface area contributed by atoms with Gasteiger partial charge in [-0.15, -0.1) is 0 Å². The highest BCUT2D eigenvalue weighted by atomic mass is 16.5. The van der Waals surface area contributed by atoms with E-state index in [2.05, 4.69) is 29.2 Å². The van der Waals surface area contributed by atoms with Gasteiger partial charge >= 0.3 is 5.97 Å². The number of hydrogen-bond acceptors (Lipinski definition) is 3. The number of para-hydroxylation sites is 1.